The van der Waals surface area contributed by atoms with E-state index in [1.54, 1.807) is 6.07 Å². The number of alkyl halides is 3. The van der Waals surface area contributed by atoms with Gasteiger partial charge in [0.15, 0.2) is 6.10 Å². The summed E-state index contributed by atoms with van der Waals surface area (Å²) in [6.07, 6.45) is -3.68. The quantitative estimate of drug-likeness (QED) is 0.768. The largest absolute Gasteiger partial charge is 0.467 e. The molecule has 0 saturated carbocycles. The van der Waals surface area contributed by atoms with Gasteiger partial charge >= 0.3 is 6.18 Å². The Bertz CT molecular complexity index is 349. The predicted molar refractivity (Wildman–Crippen MR) is 61.0 cm³/mol. The van der Waals surface area contributed by atoms with Crippen molar-refractivity contribution in [2.75, 3.05) is 6.54 Å². The molecule has 0 amide bonds. The first kappa shape index (κ1) is 15.0. The number of nitrogens with one attached hydrogen (secondary N) is 1. The van der Waals surface area contributed by atoms with Gasteiger partial charge in [0.25, 0.3) is 0 Å². The van der Waals surface area contributed by atoms with Crippen LogP contribution in [-0.2, 0) is 17.9 Å². The molecule has 1 rings (SSSR count). The Hall–Kier alpha value is -1.01. The molecule has 0 bridgehead atoms. The van der Waals surface area contributed by atoms with Gasteiger partial charge in [0.2, 0.25) is 0 Å². The summed E-state index contributed by atoms with van der Waals surface area (Å²) < 4.78 is 46.7. The minimum absolute atomic E-state index is 0.170. The van der Waals surface area contributed by atoms with Crippen molar-refractivity contribution in [3.8, 4) is 0 Å². The Labute approximate surface area is 104 Å². The van der Waals surface area contributed by atoms with Crippen LogP contribution < -0.4 is 5.32 Å². The van der Waals surface area contributed by atoms with Gasteiger partial charge in [-0.25, -0.2) is 0 Å². The molecule has 18 heavy (non-hydrogen) atoms. The summed E-state index contributed by atoms with van der Waals surface area (Å²) in [6, 6.07) is 1.74. The first-order valence-corrected chi connectivity index (χ1v) is 5.89. The van der Waals surface area contributed by atoms with E-state index in [0.29, 0.717) is 12.3 Å². The number of hydrogen-bond acceptors (Lipinski definition) is 3. The normalized spacial score (nSPS) is 13.8. The van der Waals surface area contributed by atoms with Crippen LogP contribution in [0.25, 0.3) is 0 Å². The molecule has 104 valence electrons. The van der Waals surface area contributed by atoms with Crippen molar-refractivity contribution in [1.29, 1.82) is 0 Å². The number of furan rings is 1. The maximum Gasteiger partial charge on any atom is 0.414 e. The number of hydrogen-bond donors (Lipinski definition) is 1. The fourth-order valence-corrected chi connectivity index (χ4v) is 1.35. The van der Waals surface area contributed by atoms with Gasteiger partial charge in [-0.15, -0.1) is 0 Å². The average Bonchev–Trinajstić information content (AvgIpc) is 2.72. The summed E-state index contributed by atoms with van der Waals surface area (Å²) in [7, 11) is 0. The highest BCUT2D eigenvalue weighted by molar-refractivity contribution is 5.16. The van der Waals surface area contributed by atoms with Gasteiger partial charge in [-0.3, -0.25) is 0 Å². The molecule has 0 saturated heterocycles. The topological polar surface area (TPSA) is 34.4 Å². The van der Waals surface area contributed by atoms with E-state index < -0.39 is 12.3 Å². The highest BCUT2D eigenvalue weighted by atomic mass is 19.4. The fourth-order valence-electron chi connectivity index (χ4n) is 1.35. The Morgan fingerprint density at radius 1 is 1.44 bits per heavy atom. The van der Waals surface area contributed by atoms with E-state index in [0.717, 1.165) is 25.5 Å². The molecule has 1 atom stereocenters. The molecule has 0 aliphatic heterocycles. The Morgan fingerprint density at radius 3 is 2.78 bits per heavy atom. The van der Waals surface area contributed by atoms with Crippen molar-refractivity contribution in [3.63, 3.8) is 0 Å². The first-order chi connectivity index (χ1) is 8.45. The second-order valence-corrected chi connectivity index (χ2v) is 4.04. The van der Waals surface area contributed by atoms with E-state index >= 15 is 0 Å². The van der Waals surface area contributed by atoms with Crippen LogP contribution in [0.5, 0.6) is 0 Å². The van der Waals surface area contributed by atoms with Crippen molar-refractivity contribution in [2.24, 2.45) is 0 Å². The second kappa shape index (κ2) is 6.80. The van der Waals surface area contributed by atoms with Gasteiger partial charge in [-0.1, -0.05) is 6.92 Å². The van der Waals surface area contributed by atoms with Gasteiger partial charge in [0.05, 0.1) is 6.26 Å². The van der Waals surface area contributed by atoms with E-state index in [-0.39, 0.29) is 6.61 Å². The lowest BCUT2D eigenvalue weighted by Crippen LogP contribution is -2.28. The summed E-state index contributed by atoms with van der Waals surface area (Å²) in [5.74, 6) is 0.440. The van der Waals surface area contributed by atoms with Crippen molar-refractivity contribution in [1.82, 2.24) is 5.32 Å². The molecule has 0 spiro atoms. The van der Waals surface area contributed by atoms with Crippen molar-refractivity contribution >= 4 is 0 Å². The van der Waals surface area contributed by atoms with Crippen LogP contribution in [0.1, 0.15) is 31.6 Å². The third kappa shape index (κ3) is 4.70. The summed E-state index contributed by atoms with van der Waals surface area (Å²) in [6.45, 7) is 4.28. The highest BCUT2D eigenvalue weighted by Crippen LogP contribution is 2.24. The minimum Gasteiger partial charge on any atom is -0.467 e. The molecule has 1 unspecified atom stereocenters. The zero-order valence-corrected chi connectivity index (χ0v) is 10.5. The highest BCUT2D eigenvalue weighted by Gasteiger charge is 2.37. The van der Waals surface area contributed by atoms with Crippen LogP contribution in [0.4, 0.5) is 13.2 Å². The van der Waals surface area contributed by atoms with E-state index in [1.165, 1.54) is 6.26 Å². The fraction of sp³-hybridized carbons (Fsp3) is 0.667. The predicted octanol–water partition coefficient (Wildman–Crippen LogP) is 3.25. The molecule has 0 radical (unpaired) electrons. The summed E-state index contributed by atoms with van der Waals surface area (Å²) in [5.41, 5.74) is 0.831. The molecule has 1 heterocycles. The summed E-state index contributed by atoms with van der Waals surface area (Å²) in [4.78, 5) is 0. The Morgan fingerprint density at radius 2 is 2.17 bits per heavy atom. The molecule has 1 N–H and O–H groups in total. The zero-order chi connectivity index (χ0) is 13.6. The molecule has 6 heteroatoms. The summed E-state index contributed by atoms with van der Waals surface area (Å²) in [5, 5.41) is 3.16. The molecular formula is C12H18F3NO2. The van der Waals surface area contributed by atoms with Crippen LogP contribution in [0.3, 0.4) is 0 Å². The third-order valence-corrected chi connectivity index (χ3v) is 2.51. The van der Waals surface area contributed by atoms with E-state index in [9.17, 15) is 13.2 Å². The van der Waals surface area contributed by atoms with Crippen molar-refractivity contribution < 1.29 is 22.3 Å². The lowest BCUT2D eigenvalue weighted by Gasteiger charge is -2.15. The van der Waals surface area contributed by atoms with Crippen LogP contribution in [0.15, 0.2) is 16.7 Å². The van der Waals surface area contributed by atoms with Crippen LogP contribution >= 0.6 is 0 Å². The molecule has 0 aliphatic carbocycles. The number of rotatable bonds is 7. The molecule has 0 aromatic carbocycles. The van der Waals surface area contributed by atoms with Gasteiger partial charge in [0, 0.05) is 12.1 Å². The molecule has 3 nitrogen and oxygen atoms in total. The van der Waals surface area contributed by atoms with Crippen LogP contribution in [0.2, 0.25) is 0 Å². The standard InChI is InChI=1S/C12H18F3NO2/c1-3-5-16-7-10-4-6-17-11(10)8-18-9(2)12(13,14)15/h4,6,9,16H,3,5,7-8H2,1-2H3. The van der Waals surface area contributed by atoms with E-state index in [2.05, 4.69) is 5.32 Å². The lowest BCUT2D eigenvalue weighted by atomic mass is 10.2. The molecule has 1 aromatic rings. The SMILES string of the molecule is CCCNCc1ccoc1COC(C)C(F)(F)F. The van der Waals surface area contributed by atoms with E-state index in [4.69, 9.17) is 9.15 Å². The number of ether oxygens (including phenoxy) is 1. The average molecular weight is 265 g/mol. The van der Waals surface area contributed by atoms with E-state index in [1.807, 2.05) is 6.92 Å². The van der Waals surface area contributed by atoms with Crippen molar-refractivity contribution in [2.45, 2.75) is 45.7 Å². The van der Waals surface area contributed by atoms with Crippen LogP contribution in [-0.4, -0.2) is 18.8 Å². The maximum absolute atomic E-state index is 12.3. The second-order valence-electron chi connectivity index (χ2n) is 4.04. The lowest BCUT2D eigenvalue weighted by molar-refractivity contribution is -0.218. The smallest absolute Gasteiger partial charge is 0.414 e. The molecule has 0 fully saturated rings. The monoisotopic (exact) mass is 265 g/mol. The minimum atomic E-state index is -4.34. The van der Waals surface area contributed by atoms with Crippen LogP contribution in [0, 0.1) is 0 Å². The van der Waals surface area contributed by atoms with Crippen molar-refractivity contribution in [3.05, 3.63) is 23.7 Å². The Kier molecular flexibility index (Phi) is 5.68. The van der Waals surface area contributed by atoms with Gasteiger partial charge in [-0.05, 0) is 26.0 Å². The van der Waals surface area contributed by atoms with Gasteiger partial charge < -0.3 is 14.5 Å². The first-order valence-electron chi connectivity index (χ1n) is 5.89. The third-order valence-electron chi connectivity index (χ3n) is 2.51. The molecular weight excluding hydrogens is 247 g/mol. The molecule has 1 aromatic heterocycles. The number of halogens is 3. The molecule has 0 aliphatic rings. The van der Waals surface area contributed by atoms with Gasteiger partial charge in [-0.2, -0.15) is 13.2 Å². The maximum atomic E-state index is 12.3. The Balaban J connectivity index is 2.45. The zero-order valence-electron chi connectivity index (χ0n) is 10.5. The van der Waals surface area contributed by atoms with Gasteiger partial charge in [0.1, 0.15) is 12.4 Å². The summed E-state index contributed by atoms with van der Waals surface area (Å²) >= 11 is 0.